The van der Waals surface area contributed by atoms with Crippen LogP contribution in [0.3, 0.4) is 0 Å². The second-order valence-electron chi connectivity index (χ2n) is 2.59. The number of carbonyl (C=O) groups is 1. The summed E-state index contributed by atoms with van der Waals surface area (Å²) in [5.74, 6) is -0.724. The first-order valence-electron chi connectivity index (χ1n) is 4.10. The monoisotopic (exact) mass is 156 g/mol. The van der Waals surface area contributed by atoms with Gasteiger partial charge in [0.1, 0.15) is 0 Å². The summed E-state index contributed by atoms with van der Waals surface area (Å²) in [5.41, 5.74) is 1.06. The van der Waals surface area contributed by atoms with E-state index in [4.69, 9.17) is 5.11 Å². The lowest BCUT2D eigenvalue weighted by Gasteiger charge is -2.00. The first-order chi connectivity index (χ1) is 5.20. The first kappa shape index (κ1) is 10.2. The molecule has 0 saturated carbocycles. The zero-order valence-corrected chi connectivity index (χ0v) is 7.26. The number of rotatable bonds is 5. The minimum absolute atomic E-state index is 0.210. The van der Waals surface area contributed by atoms with Gasteiger partial charge in [0.25, 0.3) is 0 Å². The third kappa shape index (κ3) is 5.64. The van der Waals surface area contributed by atoms with Crippen LogP contribution in [0.25, 0.3) is 0 Å². The lowest BCUT2D eigenvalue weighted by atomic mass is 10.1. The van der Waals surface area contributed by atoms with Gasteiger partial charge in [-0.2, -0.15) is 0 Å². The largest absolute Gasteiger partial charge is 0.481 e. The maximum Gasteiger partial charge on any atom is 0.307 e. The minimum atomic E-state index is -0.724. The Morgan fingerprint density at radius 1 is 1.45 bits per heavy atom. The van der Waals surface area contributed by atoms with Crippen LogP contribution in [-0.2, 0) is 4.79 Å². The van der Waals surface area contributed by atoms with Gasteiger partial charge in [-0.3, -0.25) is 4.79 Å². The van der Waals surface area contributed by atoms with Gasteiger partial charge >= 0.3 is 5.97 Å². The van der Waals surface area contributed by atoms with Crippen molar-refractivity contribution in [2.45, 2.75) is 39.5 Å². The van der Waals surface area contributed by atoms with Crippen molar-refractivity contribution >= 4 is 5.97 Å². The van der Waals surface area contributed by atoms with E-state index in [1.54, 1.807) is 0 Å². The molecule has 0 heterocycles. The zero-order valence-electron chi connectivity index (χ0n) is 7.26. The SMILES string of the molecule is CCC=C(CCC)CC(=O)O. The van der Waals surface area contributed by atoms with Crippen LogP contribution >= 0.6 is 0 Å². The van der Waals surface area contributed by atoms with Crippen molar-refractivity contribution in [2.24, 2.45) is 0 Å². The van der Waals surface area contributed by atoms with Crippen LogP contribution in [-0.4, -0.2) is 11.1 Å². The summed E-state index contributed by atoms with van der Waals surface area (Å²) in [4.78, 5) is 10.3. The Bertz CT molecular complexity index is 148. The lowest BCUT2D eigenvalue weighted by Crippen LogP contribution is -1.97. The highest BCUT2D eigenvalue weighted by atomic mass is 16.4. The van der Waals surface area contributed by atoms with Crippen molar-refractivity contribution in [3.8, 4) is 0 Å². The Hall–Kier alpha value is -0.790. The van der Waals surface area contributed by atoms with Gasteiger partial charge in [-0.05, 0) is 12.8 Å². The molecule has 0 spiro atoms. The molecule has 0 aliphatic rings. The Labute approximate surface area is 67.9 Å². The Balaban J connectivity index is 3.89. The maximum absolute atomic E-state index is 10.3. The summed E-state index contributed by atoms with van der Waals surface area (Å²) < 4.78 is 0. The molecule has 0 bridgehead atoms. The average Bonchev–Trinajstić information content (AvgIpc) is 1.87. The number of carboxylic acids is 1. The molecule has 0 radical (unpaired) electrons. The molecule has 0 aliphatic heterocycles. The highest BCUT2D eigenvalue weighted by Crippen LogP contribution is 2.10. The molecule has 0 amide bonds. The summed E-state index contributed by atoms with van der Waals surface area (Å²) in [5, 5.41) is 8.50. The molecule has 0 aromatic heterocycles. The van der Waals surface area contributed by atoms with E-state index in [9.17, 15) is 4.79 Å². The molecule has 0 aromatic rings. The van der Waals surface area contributed by atoms with Crippen LogP contribution in [0, 0.1) is 0 Å². The van der Waals surface area contributed by atoms with Crippen LogP contribution in [0.2, 0.25) is 0 Å². The molecule has 0 rings (SSSR count). The zero-order chi connectivity index (χ0) is 8.69. The molecule has 2 nitrogen and oxygen atoms in total. The van der Waals surface area contributed by atoms with E-state index in [0.29, 0.717) is 0 Å². The number of carboxylic acid groups (broad SMARTS) is 1. The number of hydrogen-bond donors (Lipinski definition) is 1. The second-order valence-corrected chi connectivity index (χ2v) is 2.59. The lowest BCUT2D eigenvalue weighted by molar-refractivity contribution is -0.136. The summed E-state index contributed by atoms with van der Waals surface area (Å²) in [6, 6.07) is 0. The summed E-state index contributed by atoms with van der Waals surface area (Å²) in [6.07, 6.45) is 5.10. The second kappa shape index (κ2) is 5.96. The van der Waals surface area contributed by atoms with E-state index < -0.39 is 5.97 Å². The van der Waals surface area contributed by atoms with Crippen molar-refractivity contribution in [3.63, 3.8) is 0 Å². The molecular weight excluding hydrogens is 140 g/mol. The molecule has 0 aromatic carbocycles. The predicted molar refractivity (Wildman–Crippen MR) is 45.5 cm³/mol. The Morgan fingerprint density at radius 2 is 2.09 bits per heavy atom. The summed E-state index contributed by atoms with van der Waals surface area (Å²) in [7, 11) is 0. The Kier molecular flexibility index (Phi) is 5.53. The number of aliphatic carboxylic acids is 1. The number of hydrogen-bond acceptors (Lipinski definition) is 1. The van der Waals surface area contributed by atoms with Crippen LogP contribution in [0.5, 0.6) is 0 Å². The molecule has 1 N–H and O–H groups in total. The standard InChI is InChI=1S/C9H16O2/c1-3-5-8(6-4-2)7-9(10)11/h5H,3-4,6-7H2,1-2H3,(H,10,11). The fourth-order valence-corrected chi connectivity index (χ4v) is 1.07. The van der Waals surface area contributed by atoms with E-state index in [2.05, 4.69) is 6.92 Å². The van der Waals surface area contributed by atoms with Crippen molar-refractivity contribution in [2.75, 3.05) is 0 Å². The fraction of sp³-hybridized carbons (Fsp3) is 0.667. The maximum atomic E-state index is 10.3. The Morgan fingerprint density at radius 3 is 2.45 bits per heavy atom. The van der Waals surface area contributed by atoms with Crippen LogP contribution < -0.4 is 0 Å². The fourth-order valence-electron chi connectivity index (χ4n) is 1.07. The normalized spacial score (nSPS) is 11.6. The van der Waals surface area contributed by atoms with E-state index in [0.717, 1.165) is 24.8 Å². The third-order valence-electron chi connectivity index (χ3n) is 1.44. The van der Waals surface area contributed by atoms with Gasteiger partial charge in [0, 0.05) is 0 Å². The highest BCUT2D eigenvalue weighted by molar-refractivity contribution is 5.69. The van der Waals surface area contributed by atoms with Crippen molar-refractivity contribution in [1.82, 2.24) is 0 Å². The summed E-state index contributed by atoms with van der Waals surface area (Å²) >= 11 is 0. The van der Waals surface area contributed by atoms with Gasteiger partial charge in [-0.15, -0.1) is 0 Å². The topological polar surface area (TPSA) is 37.3 Å². The molecule has 0 atom stereocenters. The first-order valence-corrected chi connectivity index (χ1v) is 4.10. The van der Waals surface area contributed by atoms with Gasteiger partial charge in [-0.1, -0.05) is 31.9 Å². The minimum Gasteiger partial charge on any atom is -0.481 e. The summed E-state index contributed by atoms with van der Waals surface area (Å²) in [6.45, 7) is 4.09. The van der Waals surface area contributed by atoms with Gasteiger partial charge in [0.15, 0.2) is 0 Å². The predicted octanol–water partition coefficient (Wildman–Crippen LogP) is 2.60. The van der Waals surface area contributed by atoms with Crippen LogP contribution in [0.15, 0.2) is 11.6 Å². The van der Waals surface area contributed by atoms with Crippen LogP contribution in [0.4, 0.5) is 0 Å². The molecule has 64 valence electrons. The van der Waals surface area contributed by atoms with Crippen molar-refractivity contribution in [1.29, 1.82) is 0 Å². The van der Waals surface area contributed by atoms with Crippen LogP contribution in [0.1, 0.15) is 39.5 Å². The molecule has 2 heteroatoms. The van der Waals surface area contributed by atoms with Gasteiger partial charge in [0.05, 0.1) is 6.42 Å². The third-order valence-corrected chi connectivity index (χ3v) is 1.44. The molecule has 0 fully saturated rings. The van der Waals surface area contributed by atoms with Crippen molar-refractivity contribution < 1.29 is 9.90 Å². The van der Waals surface area contributed by atoms with Crippen molar-refractivity contribution in [3.05, 3.63) is 11.6 Å². The van der Waals surface area contributed by atoms with E-state index in [1.165, 1.54) is 0 Å². The quantitative estimate of drug-likeness (QED) is 0.621. The van der Waals surface area contributed by atoms with Gasteiger partial charge in [0.2, 0.25) is 0 Å². The molecule has 11 heavy (non-hydrogen) atoms. The smallest absolute Gasteiger partial charge is 0.307 e. The van der Waals surface area contributed by atoms with E-state index in [-0.39, 0.29) is 6.42 Å². The van der Waals surface area contributed by atoms with E-state index >= 15 is 0 Å². The van der Waals surface area contributed by atoms with Gasteiger partial charge in [-0.25, -0.2) is 0 Å². The molecule has 0 aliphatic carbocycles. The van der Waals surface area contributed by atoms with E-state index in [1.807, 2.05) is 13.0 Å². The molecule has 0 unspecified atom stereocenters. The highest BCUT2D eigenvalue weighted by Gasteiger charge is 2.01. The number of allylic oxidation sites excluding steroid dienone is 1. The average molecular weight is 156 g/mol. The molecular formula is C9H16O2. The molecule has 0 saturated heterocycles. The van der Waals surface area contributed by atoms with Gasteiger partial charge < -0.3 is 5.11 Å².